The van der Waals surface area contributed by atoms with Gasteiger partial charge in [0.1, 0.15) is 0 Å². The molecule has 186 valence electrons. The summed E-state index contributed by atoms with van der Waals surface area (Å²) in [4.78, 5) is 26.1. The summed E-state index contributed by atoms with van der Waals surface area (Å²) in [7, 11) is 0. The van der Waals surface area contributed by atoms with Gasteiger partial charge in [-0.3, -0.25) is 14.5 Å². The van der Waals surface area contributed by atoms with Crippen LogP contribution >= 0.6 is 0 Å². The van der Waals surface area contributed by atoms with Gasteiger partial charge in [-0.15, -0.1) is 0 Å². The van der Waals surface area contributed by atoms with E-state index in [-0.39, 0.29) is 30.3 Å². The Hall–Kier alpha value is -2.80. The first-order valence-electron chi connectivity index (χ1n) is 12.6. The molecule has 2 aromatic carbocycles. The second-order valence-electron chi connectivity index (χ2n) is 9.32. The van der Waals surface area contributed by atoms with Gasteiger partial charge in [0, 0.05) is 31.8 Å². The Kier molecular flexibility index (Phi) is 9.23. The Morgan fingerprint density at radius 1 is 1.00 bits per heavy atom. The molecule has 6 heteroatoms. The lowest BCUT2D eigenvalue weighted by molar-refractivity contribution is -0.136. The van der Waals surface area contributed by atoms with Gasteiger partial charge >= 0.3 is 5.97 Å². The van der Waals surface area contributed by atoms with Crippen LogP contribution in [0.3, 0.4) is 0 Å². The minimum atomic E-state index is -0.784. The standard InChI is InChI=1S/C29H35NO5/c31-26-20-27(35-21-22-12-14-24(15-13-22)23-8-4-3-5-9-23)25(10-6-1-2-7-11-28(32)33)29(26)30-16-18-34-19-17-30/h1-5,8-9,12-15,25,27,29H,6-7,10-11,16-21H2,(H,32,33)/b2-1-/t25-,27+,29-/m0/s1. The molecule has 0 aromatic heterocycles. The highest BCUT2D eigenvalue weighted by atomic mass is 16.5. The van der Waals surface area contributed by atoms with Crippen LogP contribution in [0.5, 0.6) is 0 Å². The first-order chi connectivity index (χ1) is 17.1. The zero-order chi connectivity index (χ0) is 24.5. The maximum atomic E-state index is 13.1. The highest BCUT2D eigenvalue weighted by molar-refractivity contribution is 5.87. The SMILES string of the molecule is O=C(O)CC/C=C\CC[C@@H]1[C@H](N2CCOCC2)C(=O)C[C@H]1OCc1ccc(-c2ccccc2)cc1. The van der Waals surface area contributed by atoms with Crippen LogP contribution in [0.4, 0.5) is 0 Å². The Balaban J connectivity index is 1.38. The maximum Gasteiger partial charge on any atom is 0.303 e. The monoisotopic (exact) mass is 477 g/mol. The molecule has 2 aromatic rings. The first-order valence-corrected chi connectivity index (χ1v) is 12.6. The van der Waals surface area contributed by atoms with Crippen molar-refractivity contribution in [2.75, 3.05) is 26.3 Å². The summed E-state index contributed by atoms with van der Waals surface area (Å²) in [5, 5.41) is 8.81. The van der Waals surface area contributed by atoms with Gasteiger partial charge in [0.25, 0.3) is 0 Å². The number of carbonyl (C=O) groups excluding carboxylic acids is 1. The molecule has 6 nitrogen and oxygen atoms in total. The fourth-order valence-electron chi connectivity index (χ4n) is 5.13. The van der Waals surface area contributed by atoms with Crippen LogP contribution < -0.4 is 0 Å². The van der Waals surface area contributed by atoms with Crippen molar-refractivity contribution >= 4 is 11.8 Å². The van der Waals surface area contributed by atoms with Gasteiger partial charge in [0.05, 0.1) is 32.0 Å². The van der Waals surface area contributed by atoms with Crippen molar-refractivity contribution in [1.82, 2.24) is 4.90 Å². The number of carboxylic acids is 1. The number of hydrogen-bond donors (Lipinski definition) is 1. The van der Waals surface area contributed by atoms with Crippen LogP contribution in [0.15, 0.2) is 66.7 Å². The van der Waals surface area contributed by atoms with Crippen LogP contribution in [0.1, 0.15) is 37.7 Å². The number of carboxylic acid groups (broad SMARTS) is 1. The molecular formula is C29H35NO5. The number of nitrogens with zero attached hydrogens (tertiary/aromatic N) is 1. The molecular weight excluding hydrogens is 442 g/mol. The van der Waals surface area contributed by atoms with E-state index in [1.165, 1.54) is 11.1 Å². The molecule has 1 saturated heterocycles. The molecule has 35 heavy (non-hydrogen) atoms. The van der Waals surface area contributed by atoms with E-state index in [4.69, 9.17) is 14.6 Å². The van der Waals surface area contributed by atoms with Crippen molar-refractivity contribution in [2.45, 2.75) is 50.9 Å². The lowest BCUT2D eigenvalue weighted by atomic mass is 9.93. The van der Waals surface area contributed by atoms with Gasteiger partial charge in [-0.2, -0.15) is 0 Å². The summed E-state index contributed by atoms with van der Waals surface area (Å²) >= 11 is 0. The van der Waals surface area contributed by atoms with Gasteiger partial charge in [-0.25, -0.2) is 0 Å². The average molecular weight is 478 g/mol. The normalized spacial score (nSPS) is 23.2. The Bertz CT molecular complexity index is 982. The Labute approximate surface area is 207 Å². The molecule has 0 radical (unpaired) electrons. The van der Waals surface area contributed by atoms with Crippen LogP contribution in [-0.4, -0.2) is 60.2 Å². The zero-order valence-corrected chi connectivity index (χ0v) is 20.2. The largest absolute Gasteiger partial charge is 0.481 e. The number of rotatable bonds is 11. The van der Waals surface area contributed by atoms with Crippen molar-refractivity contribution in [3.05, 3.63) is 72.3 Å². The van der Waals surface area contributed by atoms with E-state index < -0.39 is 5.97 Å². The highest BCUT2D eigenvalue weighted by Crippen LogP contribution is 2.35. The van der Waals surface area contributed by atoms with E-state index in [0.29, 0.717) is 32.7 Å². The topological polar surface area (TPSA) is 76.1 Å². The number of carbonyl (C=O) groups is 2. The number of aliphatic carboxylic acids is 1. The third kappa shape index (κ3) is 7.10. The summed E-state index contributed by atoms with van der Waals surface area (Å²) in [5.74, 6) is -0.404. The lowest BCUT2D eigenvalue weighted by Crippen LogP contribution is -2.49. The molecule has 4 rings (SSSR count). The minimum Gasteiger partial charge on any atom is -0.481 e. The summed E-state index contributed by atoms with van der Waals surface area (Å²) in [5.41, 5.74) is 3.45. The molecule has 1 heterocycles. The second kappa shape index (κ2) is 12.8. The van der Waals surface area contributed by atoms with E-state index in [0.717, 1.165) is 31.5 Å². The smallest absolute Gasteiger partial charge is 0.303 e. The van der Waals surface area contributed by atoms with Gasteiger partial charge in [0.15, 0.2) is 5.78 Å². The van der Waals surface area contributed by atoms with Crippen LogP contribution in [0.2, 0.25) is 0 Å². The number of ketones is 1. The van der Waals surface area contributed by atoms with E-state index in [9.17, 15) is 9.59 Å². The lowest BCUT2D eigenvalue weighted by Gasteiger charge is -2.35. The summed E-state index contributed by atoms with van der Waals surface area (Å²) in [6.07, 6.45) is 6.63. The number of morpholine rings is 1. The fourth-order valence-corrected chi connectivity index (χ4v) is 5.13. The van der Waals surface area contributed by atoms with E-state index >= 15 is 0 Å². The molecule has 0 unspecified atom stereocenters. The van der Waals surface area contributed by atoms with Crippen LogP contribution in [-0.2, 0) is 25.7 Å². The number of ether oxygens (including phenoxy) is 2. The van der Waals surface area contributed by atoms with E-state index in [1.54, 1.807) is 0 Å². The molecule has 2 fully saturated rings. The van der Waals surface area contributed by atoms with Gasteiger partial charge in [0.2, 0.25) is 0 Å². The zero-order valence-electron chi connectivity index (χ0n) is 20.2. The molecule has 3 atom stereocenters. The first kappa shape index (κ1) is 25.3. The Morgan fingerprint density at radius 2 is 1.69 bits per heavy atom. The summed E-state index contributed by atoms with van der Waals surface area (Å²) in [6, 6.07) is 18.6. The molecule has 1 N–H and O–H groups in total. The number of benzene rings is 2. The van der Waals surface area contributed by atoms with Crippen molar-refractivity contribution in [3.63, 3.8) is 0 Å². The van der Waals surface area contributed by atoms with Crippen molar-refractivity contribution in [3.8, 4) is 11.1 Å². The predicted octanol–water partition coefficient (Wildman–Crippen LogP) is 4.73. The van der Waals surface area contributed by atoms with Crippen LogP contribution in [0, 0.1) is 5.92 Å². The van der Waals surface area contributed by atoms with Gasteiger partial charge in [-0.05, 0) is 36.0 Å². The molecule has 0 spiro atoms. The number of allylic oxidation sites excluding steroid dienone is 2. The summed E-state index contributed by atoms with van der Waals surface area (Å²) < 4.78 is 11.9. The fraction of sp³-hybridized carbons (Fsp3) is 0.448. The predicted molar refractivity (Wildman–Crippen MR) is 135 cm³/mol. The Morgan fingerprint density at radius 3 is 2.40 bits per heavy atom. The quantitative estimate of drug-likeness (QED) is 0.472. The molecule has 1 saturated carbocycles. The van der Waals surface area contributed by atoms with Crippen molar-refractivity contribution in [2.24, 2.45) is 5.92 Å². The van der Waals surface area contributed by atoms with Crippen LogP contribution in [0.25, 0.3) is 11.1 Å². The molecule has 0 bridgehead atoms. The summed E-state index contributed by atoms with van der Waals surface area (Å²) in [6.45, 7) is 3.34. The van der Waals surface area contributed by atoms with Gasteiger partial charge < -0.3 is 14.6 Å². The van der Waals surface area contributed by atoms with Gasteiger partial charge in [-0.1, -0.05) is 66.7 Å². The van der Waals surface area contributed by atoms with Crippen molar-refractivity contribution in [1.29, 1.82) is 0 Å². The maximum absolute atomic E-state index is 13.1. The number of Topliss-reactive ketones (excluding diaryl/α,β-unsaturated/α-hetero) is 1. The molecule has 2 aliphatic rings. The second-order valence-corrected chi connectivity index (χ2v) is 9.32. The number of hydrogen-bond acceptors (Lipinski definition) is 5. The third-order valence-corrected chi connectivity index (χ3v) is 6.94. The highest BCUT2D eigenvalue weighted by Gasteiger charge is 2.45. The average Bonchev–Trinajstić information content (AvgIpc) is 3.20. The molecule has 1 aliphatic carbocycles. The minimum absolute atomic E-state index is 0.114. The van der Waals surface area contributed by atoms with Crippen molar-refractivity contribution < 1.29 is 24.2 Å². The van der Waals surface area contributed by atoms with E-state index in [1.807, 2.05) is 30.4 Å². The third-order valence-electron chi connectivity index (χ3n) is 6.94. The molecule has 0 amide bonds. The van der Waals surface area contributed by atoms with E-state index in [2.05, 4.69) is 41.3 Å². The molecule has 1 aliphatic heterocycles.